The first kappa shape index (κ1) is 24.0. The Morgan fingerprint density at radius 2 is 1.75 bits per heavy atom. The van der Waals surface area contributed by atoms with Gasteiger partial charge in [-0.05, 0) is 30.3 Å². The summed E-state index contributed by atoms with van der Waals surface area (Å²) < 4.78 is 70.7. The number of alkyl halides is 3. The minimum absolute atomic E-state index is 0.132. The third kappa shape index (κ3) is 5.78. The van der Waals surface area contributed by atoms with Gasteiger partial charge in [0.15, 0.2) is 0 Å². The summed E-state index contributed by atoms with van der Waals surface area (Å²) in [4.78, 5) is 13.8. The molecule has 11 heteroatoms. The number of hydrogen-bond acceptors (Lipinski definition) is 5. The highest BCUT2D eigenvalue weighted by Gasteiger charge is 2.34. The Labute approximate surface area is 184 Å². The van der Waals surface area contributed by atoms with E-state index in [1.165, 1.54) is 17.5 Å². The Bertz CT molecular complexity index is 1050. The number of amides is 1. The van der Waals surface area contributed by atoms with Crippen LogP contribution in [-0.4, -0.2) is 63.4 Å². The number of halogens is 3. The number of carbonyl (C=O) groups excluding carboxylic acids is 1. The summed E-state index contributed by atoms with van der Waals surface area (Å²) in [5.41, 5.74) is -0.435. The smallest absolute Gasteiger partial charge is 0.416 e. The summed E-state index contributed by atoms with van der Waals surface area (Å²) in [5.74, 6) is 0.350. The van der Waals surface area contributed by atoms with E-state index in [9.17, 15) is 26.4 Å². The molecular formula is C21H24F3N3O4S. The Balaban J connectivity index is 1.53. The lowest BCUT2D eigenvalue weighted by Crippen LogP contribution is -2.49. The normalized spacial score (nSPS) is 16.0. The molecule has 32 heavy (non-hydrogen) atoms. The maximum absolute atomic E-state index is 12.9. The van der Waals surface area contributed by atoms with E-state index in [1.54, 1.807) is 24.3 Å². The van der Waals surface area contributed by atoms with Crippen LogP contribution in [0.2, 0.25) is 0 Å². The van der Waals surface area contributed by atoms with Crippen LogP contribution in [0.1, 0.15) is 12.0 Å². The molecule has 7 nitrogen and oxygen atoms in total. The number of methoxy groups -OCH3 is 1. The van der Waals surface area contributed by atoms with Gasteiger partial charge in [-0.1, -0.05) is 18.2 Å². The highest BCUT2D eigenvalue weighted by molar-refractivity contribution is 7.89. The Morgan fingerprint density at radius 3 is 2.41 bits per heavy atom. The lowest BCUT2D eigenvalue weighted by molar-refractivity contribution is -0.137. The first-order chi connectivity index (χ1) is 15.1. The van der Waals surface area contributed by atoms with Gasteiger partial charge in [0.2, 0.25) is 15.9 Å². The minimum atomic E-state index is -4.62. The molecule has 0 saturated carbocycles. The predicted molar refractivity (Wildman–Crippen MR) is 113 cm³/mol. The number of sulfonamides is 1. The van der Waals surface area contributed by atoms with Crippen LogP contribution >= 0.6 is 0 Å². The van der Waals surface area contributed by atoms with Crippen molar-refractivity contribution in [2.45, 2.75) is 17.5 Å². The SMILES string of the molecule is COc1ccccc1NC(=O)CCN1CCN(S(=O)(=O)c2cccc(C(F)(F)F)c2)CC1. The number of carbonyl (C=O) groups is 1. The highest BCUT2D eigenvalue weighted by atomic mass is 32.2. The van der Waals surface area contributed by atoms with Crippen molar-refractivity contribution in [2.75, 3.05) is 45.2 Å². The first-order valence-electron chi connectivity index (χ1n) is 9.94. The largest absolute Gasteiger partial charge is 0.495 e. The van der Waals surface area contributed by atoms with Crippen LogP contribution in [-0.2, 0) is 21.0 Å². The zero-order chi connectivity index (χ0) is 23.4. The molecule has 3 rings (SSSR count). The molecule has 0 aliphatic carbocycles. The van der Waals surface area contributed by atoms with E-state index >= 15 is 0 Å². The Kier molecular flexibility index (Phi) is 7.42. The summed E-state index contributed by atoms with van der Waals surface area (Å²) in [6.45, 7) is 1.44. The van der Waals surface area contributed by atoms with E-state index in [2.05, 4.69) is 5.32 Å². The van der Waals surface area contributed by atoms with Gasteiger partial charge >= 0.3 is 6.18 Å². The number of para-hydroxylation sites is 2. The molecule has 0 radical (unpaired) electrons. The van der Waals surface area contributed by atoms with Gasteiger partial charge in [0, 0.05) is 39.1 Å². The van der Waals surface area contributed by atoms with E-state index in [-0.39, 0.29) is 30.3 Å². The van der Waals surface area contributed by atoms with Crippen LogP contribution in [0.4, 0.5) is 18.9 Å². The molecule has 1 N–H and O–H groups in total. The molecule has 0 spiro atoms. The molecular weight excluding hydrogens is 447 g/mol. The van der Waals surface area contributed by atoms with E-state index in [0.29, 0.717) is 37.1 Å². The average molecular weight is 472 g/mol. The fourth-order valence-corrected chi connectivity index (χ4v) is 4.86. The zero-order valence-electron chi connectivity index (χ0n) is 17.4. The Morgan fingerprint density at radius 1 is 1.06 bits per heavy atom. The molecule has 1 heterocycles. The molecule has 1 aliphatic heterocycles. The van der Waals surface area contributed by atoms with Crippen molar-refractivity contribution < 1.29 is 31.1 Å². The number of ether oxygens (including phenoxy) is 1. The molecule has 1 fully saturated rings. The topological polar surface area (TPSA) is 79.0 Å². The van der Waals surface area contributed by atoms with Crippen LogP contribution in [0.5, 0.6) is 5.75 Å². The lowest BCUT2D eigenvalue weighted by atomic mass is 10.2. The van der Waals surface area contributed by atoms with Crippen molar-refractivity contribution in [2.24, 2.45) is 0 Å². The van der Waals surface area contributed by atoms with Crippen LogP contribution in [0.25, 0.3) is 0 Å². The van der Waals surface area contributed by atoms with Crippen LogP contribution in [0, 0.1) is 0 Å². The van der Waals surface area contributed by atoms with Crippen molar-refractivity contribution in [3.8, 4) is 5.75 Å². The van der Waals surface area contributed by atoms with Crippen LogP contribution in [0.15, 0.2) is 53.4 Å². The van der Waals surface area contributed by atoms with Gasteiger partial charge in [-0.2, -0.15) is 17.5 Å². The molecule has 2 aromatic carbocycles. The number of piperazine rings is 1. The number of benzene rings is 2. The van der Waals surface area contributed by atoms with Gasteiger partial charge in [0.25, 0.3) is 0 Å². The second-order valence-corrected chi connectivity index (χ2v) is 9.21. The molecule has 0 bridgehead atoms. The van der Waals surface area contributed by atoms with E-state index in [0.717, 1.165) is 12.1 Å². The van der Waals surface area contributed by atoms with E-state index in [1.807, 2.05) is 4.90 Å². The maximum Gasteiger partial charge on any atom is 0.416 e. The first-order valence-corrected chi connectivity index (χ1v) is 11.4. The summed E-state index contributed by atoms with van der Waals surface area (Å²) in [7, 11) is -2.52. The molecule has 0 aromatic heterocycles. The van der Waals surface area contributed by atoms with E-state index < -0.39 is 21.8 Å². The molecule has 1 saturated heterocycles. The van der Waals surface area contributed by atoms with Crippen molar-refractivity contribution in [1.29, 1.82) is 0 Å². The van der Waals surface area contributed by atoms with Gasteiger partial charge in [-0.25, -0.2) is 8.42 Å². The van der Waals surface area contributed by atoms with Crippen LogP contribution < -0.4 is 10.1 Å². The van der Waals surface area contributed by atoms with Crippen molar-refractivity contribution in [3.63, 3.8) is 0 Å². The fraction of sp³-hybridized carbons (Fsp3) is 0.381. The third-order valence-corrected chi connectivity index (χ3v) is 7.06. The number of nitrogens with zero attached hydrogens (tertiary/aromatic N) is 2. The number of anilines is 1. The Hall–Kier alpha value is -2.63. The second-order valence-electron chi connectivity index (χ2n) is 7.27. The molecule has 1 amide bonds. The minimum Gasteiger partial charge on any atom is -0.495 e. The fourth-order valence-electron chi connectivity index (χ4n) is 3.40. The summed E-state index contributed by atoms with van der Waals surface area (Å²) in [6.07, 6.45) is -4.41. The van der Waals surface area contributed by atoms with Gasteiger partial charge in [-0.3, -0.25) is 4.79 Å². The summed E-state index contributed by atoms with van der Waals surface area (Å²) >= 11 is 0. The van der Waals surface area contributed by atoms with E-state index in [4.69, 9.17) is 4.74 Å². The summed E-state index contributed by atoms with van der Waals surface area (Å²) in [6, 6.07) is 10.8. The average Bonchev–Trinajstić information content (AvgIpc) is 2.78. The highest BCUT2D eigenvalue weighted by Crippen LogP contribution is 2.31. The summed E-state index contributed by atoms with van der Waals surface area (Å²) in [5, 5.41) is 2.78. The van der Waals surface area contributed by atoms with Gasteiger partial charge in [-0.15, -0.1) is 0 Å². The monoisotopic (exact) mass is 471 g/mol. The standard InChI is InChI=1S/C21H24F3N3O4S/c1-31-19-8-3-2-7-18(19)25-20(28)9-10-26-11-13-27(14-12-26)32(29,30)17-6-4-5-16(15-17)21(22,23)24/h2-8,15H,9-14H2,1H3,(H,25,28). The maximum atomic E-state index is 12.9. The molecule has 2 aromatic rings. The molecule has 1 aliphatic rings. The molecule has 0 atom stereocenters. The van der Waals surface area contributed by atoms with Crippen molar-refractivity contribution in [3.05, 3.63) is 54.1 Å². The number of rotatable bonds is 7. The van der Waals surface area contributed by atoms with Gasteiger partial charge in [0.1, 0.15) is 5.75 Å². The number of nitrogens with one attached hydrogen (secondary N) is 1. The lowest BCUT2D eigenvalue weighted by Gasteiger charge is -2.33. The molecule has 0 unspecified atom stereocenters. The third-order valence-electron chi connectivity index (χ3n) is 5.17. The van der Waals surface area contributed by atoms with Gasteiger partial charge < -0.3 is 15.0 Å². The zero-order valence-corrected chi connectivity index (χ0v) is 18.2. The number of hydrogen-bond donors (Lipinski definition) is 1. The predicted octanol–water partition coefficient (Wildman–Crippen LogP) is 3.05. The quantitative estimate of drug-likeness (QED) is 0.672. The van der Waals surface area contributed by atoms with Crippen LogP contribution in [0.3, 0.4) is 0 Å². The molecule has 174 valence electrons. The van der Waals surface area contributed by atoms with Crippen molar-refractivity contribution >= 4 is 21.6 Å². The van der Waals surface area contributed by atoms with Crippen molar-refractivity contribution in [1.82, 2.24) is 9.21 Å². The second kappa shape index (κ2) is 9.88. The van der Waals surface area contributed by atoms with Gasteiger partial charge in [0.05, 0.1) is 23.3 Å².